The number of rotatable bonds is 3. The summed E-state index contributed by atoms with van der Waals surface area (Å²) in [5.74, 6) is 1.97. The number of halogens is 2. The van der Waals surface area contributed by atoms with E-state index in [-0.39, 0.29) is 18.3 Å². The maximum absolute atomic E-state index is 13.3. The third kappa shape index (κ3) is 4.06. The Morgan fingerprint density at radius 2 is 1.89 bits per heavy atom. The second kappa shape index (κ2) is 8.88. The Morgan fingerprint density at radius 1 is 1.03 bits per heavy atom. The van der Waals surface area contributed by atoms with Crippen molar-refractivity contribution >= 4 is 35.1 Å². The lowest BCUT2D eigenvalue weighted by Crippen LogP contribution is -2.32. The first-order chi connectivity index (χ1) is 17.0. The lowest BCUT2D eigenvalue weighted by atomic mass is 9.99. The Kier molecular flexibility index (Phi) is 5.69. The number of hydrogen-bond acceptors (Lipinski definition) is 6. The maximum Gasteiger partial charge on any atom is 0.231 e. The number of ketones is 1. The number of Topliss-reactive ketones (excluding diaryl/α,β-unsaturated/α-hetero) is 1. The van der Waals surface area contributed by atoms with Gasteiger partial charge in [-0.1, -0.05) is 41.4 Å². The van der Waals surface area contributed by atoms with Crippen molar-refractivity contribution in [2.75, 3.05) is 13.5 Å². The molecule has 0 aliphatic carbocycles. The molecule has 35 heavy (non-hydrogen) atoms. The molecule has 0 unspecified atom stereocenters. The lowest BCUT2D eigenvalue weighted by Gasteiger charge is -2.30. The standard InChI is InChI=1S/C27H21Cl2NO5/c1-15-25-18(11-30(13-33-25)10-16-4-2-3-5-22(16)29)8-21-24(31)23(35-26(15)21)9-17-6-20(28)7-19-12-32-14-34-27(17)19/h2-9H,10-14H2,1H3/b23-9-. The van der Waals surface area contributed by atoms with E-state index in [2.05, 4.69) is 4.90 Å². The summed E-state index contributed by atoms with van der Waals surface area (Å²) in [6.45, 7) is 4.16. The van der Waals surface area contributed by atoms with E-state index in [1.165, 1.54) is 0 Å². The van der Waals surface area contributed by atoms with E-state index in [9.17, 15) is 4.79 Å². The van der Waals surface area contributed by atoms with Crippen molar-refractivity contribution in [2.45, 2.75) is 26.6 Å². The molecule has 0 aromatic heterocycles. The molecule has 3 aliphatic rings. The minimum Gasteiger partial charge on any atom is -0.477 e. The molecule has 0 N–H and O–H groups in total. The molecule has 0 amide bonds. The molecule has 0 radical (unpaired) electrons. The lowest BCUT2D eigenvalue weighted by molar-refractivity contribution is -0.0165. The fourth-order valence-corrected chi connectivity index (χ4v) is 5.17. The van der Waals surface area contributed by atoms with Crippen LogP contribution in [0, 0.1) is 6.92 Å². The summed E-state index contributed by atoms with van der Waals surface area (Å²) < 4.78 is 23.2. The third-order valence-electron chi connectivity index (χ3n) is 6.34. The van der Waals surface area contributed by atoms with Gasteiger partial charge in [-0.25, -0.2) is 0 Å². The zero-order valence-corrected chi connectivity index (χ0v) is 20.4. The minimum atomic E-state index is -0.185. The smallest absolute Gasteiger partial charge is 0.231 e. The first-order valence-electron chi connectivity index (χ1n) is 11.2. The zero-order valence-electron chi connectivity index (χ0n) is 18.9. The third-order valence-corrected chi connectivity index (χ3v) is 6.93. The van der Waals surface area contributed by atoms with Crippen LogP contribution in [0.1, 0.15) is 38.2 Å². The summed E-state index contributed by atoms with van der Waals surface area (Å²) in [5.41, 5.74) is 4.81. The Balaban J connectivity index is 1.31. The molecular formula is C27H21Cl2NO5. The van der Waals surface area contributed by atoms with Crippen LogP contribution in [0.4, 0.5) is 0 Å². The van der Waals surface area contributed by atoms with Crippen LogP contribution in [0.25, 0.3) is 6.08 Å². The molecule has 6 nitrogen and oxygen atoms in total. The zero-order chi connectivity index (χ0) is 24.1. The van der Waals surface area contributed by atoms with Crippen molar-refractivity contribution in [3.63, 3.8) is 0 Å². The van der Waals surface area contributed by atoms with Gasteiger partial charge < -0.3 is 18.9 Å². The molecular weight excluding hydrogens is 489 g/mol. The van der Waals surface area contributed by atoms with E-state index in [1.54, 1.807) is 18.2 Å². The Labute approximate surface area is 212 Å². The van der Waals surface area contributed by atoms with Crippen LogP contribution in [-0.2, 0) is 24.4 Å². The highest BCUT2D eigenvalue weighted by Gasteiger charge is 2.34. The van der Waals surface area contributed by atoms with Crippen LogP contribution in [0.3, 0.4) is 0 Å². The highest BCUT2D eigenvalue weighted by Crippen LogP contribution is 2.44. The molecule has 6 rings (SSSR count). The van der Waals surface area contributed by atoms with Crippen LogP contribution < -0.4 is 14.2 Å². The van der Waals surface area contributed by atoms with Gasteiger partial charge in [-0.15, -0.1) is 0 Å². The van der Waals surface area contributed by atoms with E-state index in [1.807, 2.05) is 37.3 Å². The predicted octanol–water partition coefficient (Wildman–Crippen LogP) is 6.14. The number of ether oxygens (including phenoxy) is 4. The fourth-order valence-electron chi connectivity index (χ4n) is 4.72. The monoisotopic (exact) mass is 509 g/mol. The van der Waals surface area contributed by atoms with Crippen LogP contribution in [0.2, 0.25) is 10.0 Å². The van der Waals surface area contributed by atoms with E-state index >= 15 is 0 Å². The summed E-state index contributed by atoms with van der Waals surface area (Å²) in [5, 5.41) is 1.26. The average Bonchev–Trinajstić information content (AvgIpc) is 3.16. The van der Waals surface area contributed by atoms with Crippen molar-refractivity contribution in [1.82, 2.24) is 4.90 Å². The molecule has 0 atom stereocenters. The van der Waals surface area contributed by atoms with Gasteiger partial charge in [-0.2, -0.15) is 0 Å². The summed E-state index contributed by atoms with van der Waals surface area (Å²) in [6, 6.07) is 13.2. The second-order valence-electron chi connectivity index (χ2n) is 8.75. The normalized spacial score (nSPS) is 17.8. The number of fused-ring (bicyclic) bond motifs is 3. The van der Waals surface area contributed by atoms with Gasteiger partial charge in [0.15, 0.2) is 12.6 Å². The summed E-state index contributed by atoms with van der Waals surface area (Å²) in [4.78, 5) is 15.5. The van der Waals surface area contributed by atoms with Gasteiger partial charge in [0.25, 0.3) is 0 Å². The van der Waals surface area contributed by atoms with Crippen LogP contribution in [0.15, 0.2) is 48.2 Å². The Morgan fingerprint density at radius 3 is 2.74 bits per heavy atom. The van der Waals surface area contributed by atoms with Gasteiger partial charge in [0.2, 0.25) is 5.78 Å². The van der Waals surface area contributed by atoms with Gasteiger partial charge in [0.05, 0.1) is 12.2 Å². The molecule has 3 heterocycles. The first kappa shape index (κ1) is 22.4. The van der Waals surface area contributed by atoms with Crippen molar-refractivity contribution < 1.29 is 23.7 Å². The molecule has 3 aromatic carbocycles. The molecule has 0 spiro atoms. The summed E-state index contributed by atoms with van der Waals surface area (Å²) >= 11 is 12.6. The highest BCUT2D eigenvalue weighted by molar-refractivity contribution is 6.31. The molecule has 8 heteroatoms. The SMILES string of the molecule is Cc1c2c(cc3c1O/C(=C\c1cc(Cl)cc4c1OCOC4)C3=O)CN(Cc1ccccc1Cl)CO2. The second-order valence-corrected chi connectivity index (χ2v) is 9.60. The predicted molar refractivity (Wildman–Crippen MR) is 132 cm³/mol. The molecule has 0 bridgehead atoms. The molecule has 3 aromatic rings. The van der Waals surface area contributed by atoms with Crippen molar-refractivity contribution in [3.05, 3.63) is 91.6 Å². The Bertz CT molecular complexity index is 1400. The number of carbonyl (C=O) groups is 1. The van der Waals surface area contributed by atoms with Crippen LogP contribution >= 0.6 is 23.2 Å². The molecule has 0 saturated heterocycles. The van der Waals surface area contributed by atoms with Crippen molar-refractivity contribution in [3.8, 4) is 17.2 Å². The molecule has 178 valence electrons. The van der Waals surface area contributed by atoms with Gasteiger partial charge in [-0.05, 0) is 42.8 Å². The summed E-state index contributed by atoms with van der Waals surface area (Å²) in [6.07, 6.45) is 1.68. The quantitative estimate of drug-likeness (QED) is 0.395. The van der Waals surface area contributed by atoms with Crippen molar-refractivity contribution in [2.24, 2.45) is 0 Å². The van der Waals surface area contributed by atoms with Crippen LogP contribution in [-0.4, -0.2) is 24.2 Å². The van der Waals surface area contributed by atoms with Crippen LogP contribution in [0.5, 0.6) is 17.2 Å². The largest absolute Gasteiger partial charge is 0.477 e. The topological polar surface area (TPSA) is 57.2 Å². The highest BCUT2D eigenvalue weighted by atomic mass is 35.5. The van der Waals surface area contributed by atoms with Gasteiger partial charge in [0.1, 0.15) is 24.0 Å². The van der Waals surface area contributed by atoms with E-state index in [0.717, 1.165) is 33.0 Å². The van der Waals surface area contributed by atoms with E-state index in [4.69, 9.17) is 42.1 Å². The summed E-state index contributed by atoms with van der Waals surface area (Å²) in [7, 11) is 0. The number of nitrogens with zero attached hydrogens (tertiary/aromatic N) is 1. The number of carbonyl (C=O) groups excluding carboxylic acids is 1. The number of allylic oxidation sites excluding steroid dienone is 1. The number of hydrogen-bond donors (Lipinski definition) is 0. The average molecular weight is 510 g/mol. The van der Waals surface area contributed by atoms with Gasteiger partial charge >= 0.3 is 0 Å². The fraction of sp³-hybridized carbons (Fsp3) is 0.222. The Hall–Kier alpha value is -3.03. The molecule has 0 fully saturated rings. The van der Waals surface area contributed by atoms with Gasteiger partial charge in [-0.3, -0.25) is 9.69 Å². The van der Waals surface area contributed by atoms with E-state index < -0.39 is 0 Å². The first-order valence-corrected chi connectivity index (χ1v) is 12.0. The van der Waals surface area contributed by atoms with Crippen molar-refractivity contribution in [1.29, 1.82) is 0 Å². The number of benzene rings is 3. The maximum atomic E-state index is 13.3. The van der Waals surface area contributed by atoms with Gasteiger partial charge in [0, 0.05) is 45.4 Å². The minimum absolute atomic E-state index is 0.147. The molecule has 0 saturated carbocycles. The molecule has 3 aliphatic heterocycles. The van der Waals surface area contributed by atoms with E-state index in [0.29, 0.717) is 54.1 Å².